The zero-order chi connectivity index (χ0) is 18.1. The van der Waals surface area contributed by atoms with Crippen LogP contribution in [0.1, 0.15) is 41.0 Å². The highest BCUT2D eigenvalue weighted by atomic mass is 16.8. The Morgan fingerprint density at radius 1 is 1.29 bits per heavy atom. The van der Waals surface area contributed by atoms with Crippen molar-refractivity contribution < 1.29 is 28.5 Å². The average molecular weight is 341 g/mol. The first-order chi connectivity index (χ1) is 11.0. The summed E-state index contributed by atoms with van der Waals surface area (Å²) in [7, 11) is 1.32. The Hall–Kier alpha value is -1.60. The average Bonchev–Trinajstić information content (AvgIpc) is 2.89. The van der Waals surface area contributed by atoms with E-state index in [0.29, 0.717) is 13.0 Å². The number of likely N-dealkylation sites (tertiary alicyclic amines) is 1. The van der Waals surface area contributed by atoms with Gasteiger partial charge in [-0.2, -0.15) is 0 Å². The molecule has 3 atom stereocenters. The van der Waals surface area contributed by atoms with E-state index in [1.807, 2.05) is 34.6 Å². The fraction of sp³-hybridized carbons (Fsp3) is 0.765. The molecule has 0 saturated carbocycles. The summed E-state index contributed by atoms with van der Waals surface area (Å²) in [6, 6.07) is -0.257. The van der Waals surface area contributed by atoms with E-state index < -0.39 is 23.5 Å². The van der Waals surface area contributed by atoms with Crippen LogP contribution < -0.4 is 0 Å². The van der Waals surface area contributed by atoms with Crippen molar-refractivity contribution in [3.05, 3.63) is 12.2 Å². The number of carbonyl (C=O) groups is 2. The summed E-state index contributed by atoms with van der Waals surface area (Å²) in [4.78, 5) is 25.4. The normalized spacial score (nSPS) is 28.9. The molecule has 0 aromatic heterocycles. The van der Waals surface area contributed by atoms with Crippen molar-refractivity contribution in [1.29, 1.82) is 0 Å². The lowest BCUT2D eigenvalue weighted by Crippen LogP contribution is -2.44. The molecule has 7 heteroatoms. The molecule has 136 valence electrons. The second kappa shape index (κ2) is 6.72. The number of fused-ring (bicyclic) bond motifs is 1. The molecule has 7 nitrogen and oxygen atoms in total. The van der Waals surface area contributed by atoms with Crippen molar-refractivity contribution in [3.63, 3.8) is 0 Å². The zero-order valence-electron chi connectivity index (χ0n) is 15.2. The third-order valence-corrected chi connectivity index (χ3v) is 3.84. The maximum absolute atomic E-state index is 12.5. The second-order valence-corrected chi connectivity index (χ2v) is 7.50. The van der Waals surface area contributed by atoms with E-state index in [1.165, 1.54) is 13.2 Å². The summed E-state index contributed by atoms with van der Waals surface area (Å²) >= 11 is 0. The maximum Gasteiger partial charge on any atom is 0.410 e. The molecule has 2 fully saturated rings. The van der Waals surface area contributed by atoms with Crippen LogP contribution in [0.5, 0.6) is 0 Å². The van der Waals surface area contributed by atoms with Crippen molar-refractivity contribution in [1.82, 2.24) is 4.90 Å². The van der Waals surface area contributed by atoms with Crippen LogP contribution in [0.2, 0.25) is 0 Å². The molecule has 2 aliphatic rings. The van der Waals surface area contributed by atoms with Crippen LogP contribution in [0.4, 0.5) is 4.79 Å². The third-order valence-electron chi connectivity index (χ3n) is 3.84. The number of nitrogens with zero attached hydrogens (tertiary/aromatic N) is 1. The first-order valence-electron chi connectivity index (χ1n) is 8.12. The fourth-order valence-corrected chi connectivity index (χ4v) is 3.00. The van der Waals surface area contributed by atoms with Crippen LogP contribution in [0.3, 0.4) is 0 Å². The molecule has 24 heavy (non-hydrogen) atoms. The van der Waals surface area contributed by atoms with Crippen LogP contribution in [0, 0.1) is 0 Å². The van der Waals surface area contributed by atoms with E-state index in [1.54, 1.807) is 11.0 Å². The van der Waals surface area contributed by atoms with Gasteiger partial charge in [-0.3, -0.25) is 4.90 Å². The summed E-state index contributed by atoms with van der Waals surface area (Å²) in [6.07, 6.45) is 2.62. The minimum Gasteiger partial charge on any atom is -0.466 e. The number of carbonyl (C=O) groups excluding carboxylic acids is 2. The lowest BCUT2D eigenvalue weighted by Gasteiger charge is -2.31. The molecule has 2 saturated heterocycles. The van der Waals surface area contributed by atoms with Gasteiger partial charge in [0.25, 0.3) is 0 Å². The first kappa shape index (κ1) is 18.7. The Kier molecular flexibility index (Phi) is 5.25. The molecule has 1 amide bonds. The van der Waals surface area contributed by atoms with Crippen LogP contribution in [0.25, 0.3) is 0 Å². The molecular formula is C17H27NO6. The molecule has 2 rings (SSSR count). The molecule has 0 aromatic carbocycles. The molecule has 2 heterocycles. The van der Waals surface area contributed by atoms with Crippen molar-refractivity contribution in [2.24, 2.45) is 0 Å². The number of hydrogen-bond donors (Lipinski definition) is 0. The fourth-order valence-electron chi connectivity index (χ4n) is 3.00. The van der Waals surface area contributed by atoms with Gasteiger partial charge in [-0.15, -0.1) is 0 Å². The summed E-state index contributed by atoms with van der Waals surface area (Å²) in [5, 5.41) is 0. The van der Waals surface area contributed by atoms with Gasteiger partial charge in [-0.1, -0.05) is 6.08 Å². The minimum absolute atomic E-state index is 0.205. The molecule has 2 aliphatic heterocycles. The lowest BCUT2D eigenvalue weighted by molar-refractivity contribution is -0.160. The van der Waals surface area contributed by atoms with Gasteiger partial charge >= 0.3 is 12.1 Å². The number of esters is 1. The predicted octanol–water partition coefficient (Wildman–Crippen LogP) is 2.25. The number of rotatable bonds is 3. The molecule has 0 radical (unpaired) electrons. The summed E-state index contributed by atoms with van der Waals surface area (Å²) in [5.74, 6) is -1.11. The molecule has 0 unspecified atom stereocenters. The van der Waals surface area contributed by atoms with Gasteiger partial charge < -0.3 is 18.9 Å². The highest BCUT2D eigenvalue weighted by Gasteiger charge is 2.54. The maximum atomic E-state index is 12.5. The molecule has 0 N–H and O–H groups in total. The standard InChI is InChI=1S/C17H27NO6/c1-16(2,3)24-15(20)18-10-12-14(23-17(4,5)22-12)11(18)8-7-9-13(19)21-6/h7,9,11-12,14H,8,10H2,1-6H3/b9-7+/t11-,12-,14+/m1/s1. The van der Waals surface area contributed by atoms with E-state index in [-0.39, 0.29) is 18.2 Å². The van der Waals surface area contributed by atoms with E-state index in [2.05, 4.69) is 4.74 Å². The lowest BCUT2D eigenvalue weighted by atomic mass is 10.1. The van der Waals surface area contributed by atoms with Gasteiger partial charge in [0, 0.05) is 6.08 Å². The summed E-state index contributed by atoms with van der Waals surface area (Å²) in [5.41, 5.74) is -0.581. The number of methoxy groups -OCH3 is 1. The van der Waals surface area contributed by atoms with Crippen LogP contribution in [-0.2, 0) is 23.7 Å². The topological polar surface area (TPSA) is 74.3 Å². The highest BCUT2D eigenvalue weighted by molar-refractivity contribution is 5.81. The Morgan fingerprint density at radius 3 is 2.54 bits per heavy atom. The SMILES string of the molecule is COC(=O)/C=C/C[C@@H]1[C@@H]2OC(C)(C)O[C@@H]2CN1C(=O)OC(C)(C)C. The largest absolute Gasteiger partial charge is 0.466 e. The van der Waals surface area contributed by atoms with Gasteiger partial charge in [0.15, 0.2) is 5.79 Å². The first-order valence-corrected chi connectivity index (χ1v) is 8.12. The summed E-state index contributed by atoms with van der Waals surface area (Å²) in [6.45, 7) is 9.58. The monoisotopic (exact) mass is 341 g/mol. The Morgan fingerprint density at radius 2 is 1.96 bits per heavy atom. The van der Waals surface area contributed by atoms with Crippen LogP contribution >= 0.6 is 0 Å². The quantitative estimate of drug-likeness (QED) is 0.579. The Labute approximate surface area is 142 Å². The molecule has 0 aromatic rings. The zero-order valence-corrected chi connectivity index (χ0v) is 15.2. The van der Waals surface area contributed by atoms with E-state index >= 15 is 0 Å². The Bertz CT molecular complexity index is 522. The molecule has 0 bridgehead atoms. The van der Waals surface area contributed by atoms with Gasteiger partial charge in [-0.25, -0.2) is 9.59 Å². The number of ether oxygens (including phenoxy) is 4. The van der Waals surface area contributed by atoms with Gasteiger partial charge in [0.2, 0.25) is 0 Å². The molecule has 0 aliphatic carbocycles. The third kappa shape index (κ3) is 4.48. The van der Waals surface area contributed by atoms with Gasteiger partial charge in [-0.05, 0) is 41.0 Å². The van der Waals surface area contributed by atoms with Crippen molar-refractivity contribution in [2.45, 2.75) is 70.7 Å². The number of hydrogen-bond acceptors (Lipinski definition) is 6. The smallest absolute Gasteiger partial charge is 0.410 e. The van der Waals surface area contributed by atoms with E-state index in [4.69, 9.17) is 14.2 Å². The molecule has 0 spiro atoms. The Balaban J connectivity index is 2.13. The van der Waals surface area contributed by atoms with Crippen molar-refractivity contribution in [3.8, 4) is 0 Å². The minimum atomic E-state index is -0.681. The van der Waals surface area contributed by atoms with Crippen LogP contribution in [-0.4, -0.2) is 60.3 Å². The van der Waals surface area contributed by atoms with Crippen molar-refractivity contribution >= 4 is 12.1 Å². The van der Waals surface area contributed by atoms with Gasteiger partial charge in [0.05, 0.1) is 19.7 Å². The molecular weight excluding hydrogens is 314 g/mol. The second-order valence-electron chi connectivity index (χ2n) is 7.50. The van der Waals surface area contributed by atoms with E-state index in [0.717, 1.165) is 0 Å². The highest BCUT2D eigenvalue weighted by Crippen LogP contribution is 2.38. The van der Waals surface area contributed by atoms with Gasteiger partial charge in [0.1, 0.15) is 17.8 Å². The van der Waals surface area contributed by atoms with E-state index in [9.17, 15) is 9.59 Å². The predicted molar refractivity (Wildman–Crippen MR) is 86.3 cm³/mol. The van der Waals surface area contributed by atoms with Crippen molar-refractivity contribution in [2.75, 3.05) is 13.7 Å². The number of amides is 1. The van der Waals surface area contributed by atoms with Crippen LogP contribution in [0.15, 0.2) is 12.2 Å². The summed E-state index contributed by atoms with van der Waals surface area (Å²) < 4.78 is 21.9.